The molecule has 2 amide bonds. The Balaban J connectivity index is 1.51. The summed E-state index contributed by atoms with van der Waals surface area (Å²) < 4.78 is 40.6. The fraction of sp³-hybridized carbons (Fsp3) is 0.321. The van der Waals surface area contributed by atoms with E-state index < -0.39 is 35.1 Å². The van der Waals surface area contributed by atoms with E-state index in [1.165, 1.54) is 16.8 Å². The van der Waals surface area contributed by atoms with Gasteiger partial charge < -0.3 is 24.3 Å². The van der Waals surface area contributed by atoms with Gasteiger partial charge in [0.25, 0.3) is 11.8 Å². The topological polar surface area (TPSA) is 89.9 Å². The second-order valence-electron chi connectivity index (χ2n) is 9.71. The van der Waals surface area contributed by atoms with E-state index in [2.05, 4.69) is 5.32 Å². The first-order valence-corrected chi connectivity index (χ1v) is 12.3. The maximum absolute atomic E-state index is 14.1. The smallest absolute Gasteiger partial charge is 0.276 e. The van der Waals surface area contributed by atoms with Crippen molar-refractivity contribution in [1.29, 1.82) is 0 Å². The number of ether oxygens (including phenoxy) is 2. The van der Waals surface area contributed by atoms with E-state index in [9.17, 15) is 23.2 Å². The van der Waals surface area contributed by atoms with Gasteiger partial charge in [-0.15, -0.1) is 0 Å². The molecule has 3 aromatic rings. The lowest BCUT2D eigenvalue weighted by molar-refractivity contribution is 0.00407. The van der Waals surface area contributed by atoms with Crippen molar-refractivity contribution in [1.82, 2.24) is 14.8 Å². The van der Waals surface area contributed by atoms with E-state index in [1.54, 1.807) is 4.90 Å². The van der Waals surface area contributed by atoms with Crippen LogP contribution in [0.1, 0.15) is 45.8 Å². The number of hydrogen-bond donors (Lipinski definition) is 1. The number of nitrogens with one attached hydrogen (secondary N) is 1. The van der Waals surface area contributed by atoms with E-state index in [0.29, 0.717) is 12.7 Å². The molecule has 10 heteroatoms. The van der Waals surface area contributed by atoms with Gasteiger partial charge >= 0.3 is 0 Å². The fourth-order valence-corrected chi connectivity index (χ4v) is 4.77. The van der Waals surface area contributed by atoms with E-state index in [1.807, 2.05) is 44.2 Å². The predicted molar refractivity (Wildman–Crippen MR) is 134 cm³/mol. The normalized spacial score (nSPS) is 18.3. The van der Waals surface area contributed by atoms with Crippen molar-refractivity contribution in [2.45, 2.75) is 45.8 Å². The lowest BCUT2D eigenvalue weighted by Crippen LogP contribution is -2.51. The number of carbonyl (C=O) groups excluding carboxylic acids is 2. The van der Waals surface area contributed by atoms with Crippen LogP contribution in [0.5, 0.6) is 5.75 Å². The number of halogens is 2. The third kappa shape index (κ3) is 4.79. The molecule has 1 unspecified atom stereocenters. The summed E-state index contributed by atoms with van der Waals surface area (Å²) >= 11 is 0. The van der Waals surface area contributed by atoms with Gasteiger partial charge in [-0.1, -0.05) is 50.2 Å². The van der Waals surface area contributed by atoms with Crippen LogP contribution in [0.4, 0.5) is 8.78 Å². The molecule has 8 nitrogen and oxygen atoms in total. The van der Waals surface area contributed by atoms with E-state index >= 15 is 0 Å². The quantitative estimate of drug-likeness (QED) is 0.512. The minimum atomic E-state index is -0.817. The molecule has 0 radical (unpaired) electrons. The van der Waals surface area contributed by atoms with Crippen molar-refractivity contribution in [3.63, 3.8) is 0 Å². The third-order valence-electron chi connectivity index (χ3n) is 6.85. The lowest BCUT2D eigenvalue weighted by atomic mass is 10.0. The van der Waals surface area contributed by atoms with E-state index in [0.717, 1.165) is 11.6 Å². The number of hydrogen-bond acceptors (Lipinski definition) is 5. The molecule has 1 fully saturated rings. The number of amides is 2. The molecular weight excluding hydrogens is 496 g/mol. The summed E-state index contributed by atoms with van der Waals surface area (Å²) in [5.41, 5.74) is -0.128. The average Bonchev–Trinajstić information content (AvgIpc) is 3.33. The zero-order valence-electron chi connectivity index (χ0n) is 20.9. The summed E-state index contributed by atoms with van der Waals surface area (Å²) in [6.45, 7) is 4.31. The Morgan fingerprint density at radius 1 is 1.16 bits per heavy atom. The van der Waals surface area contributed by atoms with Gasteiger partial charge in [0.1, 0.15) is 23.8 Å². The van der Waals surface area contributed by atoms with Crippen molar-refractivity contribution in [2.24, 2.45) is 5.92 Å². The Hall–Kier alpha value is -4.05. The molecule has 2 atom stereocenters. The highest BCUT2D eigenvalue weighted by Gasteiger charge is 2.45. The number of fused-ring (bicyclic) bond motifs is 2. The minimum absolute atomic E-state index is 0.00968. The number of pyridine rings is 1. The first kappa shape index (κ1) is 25.6. The highest BCUT2D eigenvalue weighted by Crippen LogP contribution is 2.33. The monoisotopic (exact) mass is 523 g/mol. The second-order valence-corrected chi connectivity index (χ2v) is 9.71. The molecule has 1 N–H and O–H groups in total. The maximum Gasteiger partial charge on any atom is 0.276 e. The van der Waals surface area contributed by atoms with Crippen molar-refractivity contribution in [3.8, 4) is 5.75 Å². The van der Waals surface area contributed by atoms with Gasteiger partial charge in [0.15, 0.2) is 17.7 Å². The van der Waals surface area contributed by atoms with Gasteiger partial charge in [0, 0.05) is 24.4 Å². The molecule has 2 aliphatic heterocycles. The van der Waals surface area contributed by atoms with Crippen LogP contribution in [0.15, 0.2) is 59.5 Å². The lowest BCUT2D eigenvalue weighted by Gasteiger charge is -2.36. The van der Waals surface area contributed by atoms with Crippen LogP contribution >= 0.6 is 0 Å². The number of carbonyl (C=O) groups is 2. The van der Waals surface area contributed by atoms with Gasteiger partial charge in [0.05, 0.1) is 19.2 Å². The zero-order valence-corrected chi connectivity index (χ0v) is 20.9. The molecule has 2 aliphatic rings. The van der Waals surface area contributed by atoms with Crippen molar-refractivity contribution >= 4 is 11.8 Å². The Kier molecular flexibility index (Phi) is 6.98. The number of nitrogens with zero attached hydrogens (tertiary/aromatic N) is 2. The largest absolute Gasteiger partial charge is 0.483 e. The maximum atomic E-state index is 14.1. The highest BCUT2D eigenvalue weighted by molar-refractivity contribution is 5.99. The molecule has 38 heavy (non-hydrogen) atoms. The van der Waals surface area contributed by atoms with Crippen LogP contribution in [0.2, 0.25) is 0 Å². The summed E-state index contributed by atoms with van der Waals surface area (Å²) in [6, 6.07) is 12.0. The molecule has 2 aromatic carbocycles. The summed E-state index contributed by atoms with van der Waals surface area (Å²) in [6.07, 6.45) is 0.765. The Morgan fingerprint density at radius 3 is 2.63 bits per heavy atom. The van der Waals surface area contributed by atoms with Crippen molar-refractivity contribution < 1.29 is 27.8 Å². The number of benzene rings is 2. The summed E-state index contributed by atoms with van der Waals surface area (Å²) in [5, 5.41) is 2.51. The summed E-state index contributed by atoms with van der Waals surface area (Å²) in [4.78, 5) is 42.0. The Bertz CT molecular complexity index is 1440. The van der Waals surface area contributed by atoms with Gasteiger partial charge in [-0.3, -0.25) is 14.4 Å². The van der Waals surface area contributed by atoms with Crippen LogP contribution in [-0.4, -0.2) is 40.2 Å². The molecule has 0 saturated carbocycles. The molecule has 0 bridgehead atoms. The van der Waals surface area contributed by atoms with Crippen molar-refractivity contribution in [2.75, 3.05) is 6.61 Å². The van der Waals surface area contributed by atoms with E-state index in [4.69, 9.17) is 9.47 Å². The van der Waals surface area contributed by atoms with Crippen LogP contribution in [0, 0.1) is 17.6 Å². The predicted octanol–water partition coefficient (Wildman–Crippen LogP) is 3.47. The molecule has 198 valence electrons. The van der Waals surface area contributed by atoms with Crippen LogP contribution in [0.3, 0.4) is 0 Å². The zero-order chi connectivity index (χ0) is 27.0. The van der Waals surface area contributed by atoms with Crippen molar-refractivity contribution in [3.05, 3.63) is 99.0 Å². The van der Waals surface area contributed by atoms with E-state index in [-0.39, 0.29) is 54.2 Å². The Labute approximate surface area is 217 Å². The number of rotatable bonds is 7. The third-order valence-corrected chi connectivity index (χ3v) is 6.85. The Morgan fingerprint density at radius 2 is 1.92 bits per heavy atom. The molecule has 5 rings (SSSR count). The van der Waals surface area contributed by atoms with Crippen LogP contribution in [0.25, 0.3) is 0 Å². The first-order chi connectivity index (χ1) is 18.2. The van der Waals surface area contributed by atoms with Gasteiger partial charge in [-0.25, -0.2) is 8.78 Å². The fourth-order valence-electron chi connectivity index (χ4n) is 4.77. The average molecular weight is 524 g/mol. The van der Waals surface area contributed by atoms with Gasteiger partial charge in [0.2, 0.25) is 5.43 Å². The van der Waals surface area contributed by atoms with Crippen LogP contribution < -0.4 is 15.5 Å². The summed E-state index contributed by atoms with van der Waals surface area (Å²) in [7, 11) is 0. The molecule has 0 aliphatic carbocycles. The second kappa shape index (κ2) is 10.4. The molecule has 1 saturated heterocycles. The van der Waals surface area contributed by atoms with Gasteiger partial charge in [-0.05, 0) is 17.5 Å². The molecule has 1 aromatic heterocycles. The summed E-state index contributed by atoms with van der Waals surface area (Å²) in [5.74, 6) is -2.83. The van der Waals surface area contributed by atoms with Crippen LogP contribution in [-0.2, 0) is 24.4 Å². The minimum Gasteiger partial charge on any atom is -0.483 e. The highest BCUT2D eigenvalue weighted by atomic mass is 19.1. The molecule has 0 spiro atoms. The van der Waals surface area contributed by atoms with Gasteiger partial charge in [-0.2, -0.15) is 0 Å². The number of aromatic nitrogens is 1. The molecular formula is C28H27F2N3O5. The molecule has 3 heterocycles. The standard InChI is InChI=1S/C28H27F2N3O5/c1-16(2)22-15-37-23-13-32-12-20(27(35)31-11-18-8-9-19(29)10-21(18)30)25(34)26(24(32)28(36)33(22)23)38-14-17-6-4-3-5-7-17/h3-10,12,16,22-23H,11,13-15H2,1-2H3,(H,31,35)/t22-,23?/m0/s1. The first-order valence-electron chi connectivity index (χ1n) is 12.3. The SMILES string of the molecule is CC(C)[C@@H]1COC2Cn3cc(C(=O)NCc4ccc(F)cc4F)c(=O)c(OCc4ccccc4)c3C(=O)N21.